The van der Waals surface area contributed by atoms with E-state index in [2.05, 4.69) is 20.0 Å². The van der Waals surface area contributed by atoms with Gasteiger partial charge in [-0.25, -0.2) is 0 Å². The van der Waals surface area contributed by atoms with Crippen LogP contribution in [-0.2, 0) is 33.4 Å². The minimum absolute atomic E-state index is 0.0260. The van der Waals surface area contributed by atoms with Gasteiger partial charge >= 0.3 is 17.9 Å². The SMILES string of the molecule is CC(C)(C)OC(=O)CN1CCN(CCCCCC(=O)NCCN)CCN(CC(=O)OC(C)(C)C)CCN(CC(=O)OC(C)(C)C)CC1. The second-order valence-corrected chi connectivity index (χ2v) is 15.4. The summed E-state index contributed by atoms with van der Waals surface area (Å²) in [7, 11) is 0. The monoisotopic (exact) mass is 670 g/mol. The summed E-state index contributed by atoms with van der Waals surface area (Å²) in [6.45, 7) is 23.7. The molecule has 0 atom stereocenters. The Morgan fingerprint density at radius 3 is 1.21 bits per heavy atom. The Morgan fingerprint density at radius 1 is 0.553 bits per heavy atom. The molecule has 0 spiro atoms. The number of hydrogen-bond acceptors (Lipinski definition) is 12. The molecule has 1 amide bonds. The second kappa shape index (κ2) is 20.9. The Morgan fingerprint density at radius 2 is 0.894 bits per heavy atom. The number of esters is 3. The van der Waals surface area contributed by atoms with Crippen molar-refractivity contribution >= 4 is 23.8 Å². The number of hydrogen-bond donors (Lipinski definition) is 2. The predicted molar refractivity (Wildman–Crippen MR) is 184 cm³/mol. The van der Waals surface area contributed by atoms with Gasteiger partial charge in [-0.2, -0.15) is 0 Å². The van der Waals surface area contributed by atoms with E-state index in [0.717, 1.165) is 25.8 Å². The van der Waals surface area contributed by atoms with Crippen LogP contribution in [0.25, 0.3) is 0 Å². The van der Waals surface area contributed by atoms with Crippen molar-refractivity contribution in [2.45, 2.75) is 105 Å². The van der Waals surface area contributed by atoms with Gasteiger partial charge < -0.3 is 30.2 Å². The molecule has 0 aromatic heterocycles. The Labute approximate surface area is 284 Å². The molecular formula is C34H66N6O7. The van der Waals surface area contributed by atoms with Crippen LogP contribution in [0.2, 0.25) is 0 Å². The number of nitrogens with zero attached hydrogens (tertiary/aromatic N) is 4. The molecule has 0 radical (unpaired) electrons. The fourth-order valence-electron chi connectivity index (χ4n) is 5.04. The highest BCUT2D eigenvalue weighted by Gasteiger charge is 2.25. The maximum absolute atomic E-state index is 12.9. The molecule has 0 aromatic carbocycles. The molecule has 1 heterocycles. The Kier molecular flexibility index (Phi) is 19.0. The van der Waals surface area contributed by atoms with E-state index < -0.39 is 16.8 Å². The number of nitrogens with two attached hydrogens (primary N) is 1. The van der Waals surface area contributed by atoms with Crippen LogP contribution in [0.4, 0.5) is 0 Å². The fraction of sp³-hybridized carbons (Fsp3) is 0.882. The highest BCUT2D eigenvalue weighted by atomic mass is 16.6. The van der Waals surface area contributed by atoms with Crippen LogP contribution in [0.5, 0.6) is 0 Å². The molecule has 1 saturated heterocycles. The summed E-state index contributed by atoms with van der Waals surface area (Å²) in [4.78, 5) is 59.1. The lowest BCUT2D eigenvalue weighted by Gasteiger charge is -2.34. The minimum atomic E-state index is -0.602. The molecule has 47 heavy (non-hydrogen) atoms. The second-order valence-electron chi connectivity index (χ2n) is 15.4. The maximum atomic E-state index is 12.9. The molecule has 0 unspecified atom stereocenters. The van der Waals surface area contributed by atoms with E-state index in [1.165, 1.54) is 0 Å². The zero-order valence-corrected chi connectivity index (χ0v) is 31.0. The number of carbonyl (C=O) groups is 4. The van der Waals surface area contributed by atoms with Gasteiger partial charge in [-0.05, 0) is 81.7 Å². The first kappa shape index (κ1) is 42.7. The van der Waals surface area contributed by atoms with E-state index in [4.69, 9.17) is 19.9 Å². The normalized spacial score (nSPS) is 17.3. The maximum Gasteiger partial charge on any atom is 0.320 e. The first-order chi connectivity index (χ1) is 21.7. The van der Waals surface area contributed by atoms with Crippen molar-refractivity contribution in [3.63, 3.8) is 0 Å². The Balaban J connectivity index is 3.09. The molecule has 1 rings (SSSR count). The van der Waals surface area contributed by atoms with E-state index in [0.29, 0.717) is 71.9 Å². The smallest absolute Gasteiger partial charge is 0.320 e. The van der Waals surface area contributed by atoms with Gasteiger partial charge in [-0.1, -0.05) is 6.42 Å². The highest BCUT2D eigenvalue weighted by molar-refractivity contribution is 5.75. The van der Waals surface area contributed by atoms with Gasteiger partial charge in [-0.3, -0.25) is 33.9 Å². The van der Waals surface area contributed by atoms with Crippen LogP contribution >= 0.6 is 0 Å². The van der Waals surface area contributed by atoms with Gasteiger partial charge in [0.25, 0.3) is 0 Å². The van der Waals surface area contributed by atoms with Gasteiger partial charge in [0.1, 0.15) is 16.8 Å². The van der Waals surface area contributed by atoms with Gasteiger partial charge in [0.2, 0.25) is 5.91 Å². The molecule has 0 bridgehead atoms. The third-order valence-corrected chi connectivity index (χ3v) is 7.09. The molecule has 13 heteroatoms. The number of amides is 1. The summed E-state index contributed by atoms with van der Waals surface area (Å²) in [5.41, 5.74) is 3.70. The van der Waals surface area contributed by atoms with Crippen LogP contribution < -0.4 is 11.1 Å². The van der Waals surface area contributed by atoms with E-state index in [-0.39, 0.29) is 43.4 Å². The van der Waals surface area contributed by atoms with E-state index >= 15 is 0 Å². The van der Waals surface area contributed by atoms with Crippen LogP contribution in [0.1, 0.15) is 88.0 Å². The number of rotatable bonds is 14. The molecule has 0 aliphatic carbocycles. The number of ether oxygens (including phenoxy) is 3. The van der Waals surface area contributed by atoms with Crippen LogP contribution in [0.3, 0.4) is 0 Å². The zero-order valence-electron chi connectivity index (χ0n) is 31.0. The standard InChI is InChI=1S/C34H66N6O7/c1-32(2,3)45-29(42)25-38-19-17-37(16-12-10-11-13-28(41)36-15-14-35)18-20-39(26-30(43)46-33(4,5)6)22-24-40(23-21-38)27-31(44)47-34(7,8)9/h10-27,35H2,1-9H3,(H,36,41). The quantitative estimate of drug-likeness (QED) is 0.158. The van der Waals surface area contributed by atoms with Crippen LogP contribution in [0, 0.1) is 0 Å². The van der Waals surface area contributed by atoms with Crippen LogP contribution in [-0.4, -0.2) is 152 Å². The van der Waals surface area contributed by atoms with Gasteiger partial charge in [0, 0.05) is 71.9 Å². The molecule has 0 saturated carbocycles. The summed E-state index contributed by atoms with van der Waals surface area (Å²) in [5.74, 6) is -0.861. The average molecular weight is 671 g/mol. The van der Waals surface area contributed by atoms with Crippen molar-refractivity contribution in [1.82, 2.24) is 24.9 Å². The van der Waals surface area contributed by atoms with E-state index in [1.807, 2.05) is 67.2 Å². The average Bonchev–Trinajstić information content (AvgIpc) is 2.89. The number of carbonyl (C=O) groups excluding carboxylic acids is 4. The van der Waals surface area contributed by atoms with Gasteiger partial charge in [0.05, 0.1) is 19.6 Å². The van der Waals surface area contributed by atoms with Gasteiger partial charge in [0.15, 0.2) is 0 Å². The first-order valence-electron chi connectivity index (χ1n) is 17.3. The third kappa shape index (κ3) is 23.6. The molecule has 1 aliphatic rings. The van der Waals surface area contributed by atoms with Crippen molar-refractivity contribution in [3.05, 3.63) is 0 Å². The minimum Gasteiger partial charge on any atom is -0.459 e. The molecular weight excluding hydrogens is 604 g/mol. The summed E-state index contributed by atoms with van der Waals surface area (Å²) in [6, 6.07) is 0. The Hall–Kier alpha value is -2.32. The lowest BCUT2D eigenvalue weighted by atomic mass is 10.1. The molecule has 13 nitrogen and oxygen atoms in total. The van der Waals surface area contributed by atoms with Crippen LogP contribution in [0.15, 0.2) is 0 Å². The molecule has 1 aliphatic heterocycles. The summed E-state index contributed by atoms with van der Waals surface area (Å²) in [6.07, 6.45) is 3.11. The largest absolute Gasteiger partial charge is 0.459 e. The topological polar surface area (TPSA) is 147 Å². The van der Waals surface area contributed by atoms with E-state index in [9.17, 15) is 19.2 Å². The molecule has 274 valence electrons. The number of unbranched alkanes of at least 4 members (excludes halogenated alkanes) is 2. The predicted octanol–water partition coefficient (Wildman–Crippen LogP) is 1.87. The third-order valence-electron chi connectivity index (χ3n) is 7.09. The summed E-state index contributed by atoms with van der Waals surface area (Å²) >= 11 is 0. The van der Waals surface area contributed by atoms with Crippen molar-refractivity contribution in [3.8, 4) is 0 Å². The molecule has 1 fully saturated rings. The van der Waals surface area contributed by atoms with E-state index in [1.54, 1.807) is 0 Å². The highest BCUT2D eigenvalue weighted by Crippen LogP contribution is 2.12. The van der Waals surface area contributed by atoms with Gasteiger partial charge in [-0.15, -0.1) is 0 Å². The van der Waals surface area contributed by atoms with Crippen molar-refractivity contribution in [2.24, 2.45) is 5.73 Å². The first-order valence-corrected chi connectivity index (χ1v) is 17.3. The van der Waals surface area contributed by atoms with Crippen molar-refractivity contribution in [1.29, 1.82) is 0 Å². The van der Waals surface area contributed by atoms with Crippen molar-refractivity contribution in [2.75, 3.05) is 91.6 Å². The number of nitrogens with one attached hydrogen (secondary N) is 1. The Bertz CT molecular complexity index is 912. The summed E-state index contributed by atoms with van der Waals surface area (Å²) < 4.78 is 16.9. The summed E-state index contributed by atoms with van der Waals surface area (Å²) in [5, 5.41) is 2.81. The molecule has 0 aromatic rings. The zero-order chi connectivity index (χ0) is 35.7. The lowest BCUT2D eigenvalue weighted by Crippen LogP contribution is -2.49. The lowest BCUT2D eigenvalue weighted by molar-refractivity contribution is -0.158. The van der Waals surface area contributed by atoms with Crippen molar-refractivity contribution < 1.29 is 33.4 Å². The molecule has 3 N–H and O–H groups in total. The fourth-order valence-corrected chi connectivity index (χ4v) is 5.04.